The minimum absolute atomic E-state index is 0.720. The number of fused-ring (bicyclic) bond motifs is 1. The summed E-state index contributed by atoms with van der Waals surface area (Å²) in [5, 5.41) is 0. The van der Waals surface area contributed by atoms with Crippen molar-refractivity contribution in [3.63, 3.8) is 0 Å². The average molecular weight is 342 g/mol. The fraction of sp³-hybridized carbons (Fsp3) is 0.800. The van der Waals surface area contributed by atoms with Crippen LogP contribution in [-0.2, 0) is 13.0 Å². The second-order valence-corrected chi connectivity index (χ2v) is 8.53. The third-order valence-electron chi connectivity index (χ3n) is 7.10. The lowest BCUT2D eigenvalue weighted by atomic mass is 9.91. The van der Waals surface area contributed by atoms with E-state index in [1.165, 1.54) is 68.8 Å². The summed E-state index contributed by atoms with van der Waals surface area (Å²) in [7, 11) is 0. The zero-order valence-corrected chi connectivity index (χ0v) is 15.5. The monoisotopic (exact) mass is 341 g/mol. The molecule has 2 aliphatic carbocycles. The van der Waals surface area contributed by atoms with Crippen LogP contribution in [0.3, 0.4) is 0 Å². The quantitative estimate of drug-likeness (QED) is 0.840. The highest BCUT2D eigenvalue weighted by Gasteiger charge is 2.35. The van der Waals surface area contributed by atoms with Crippen LogP contribution in [0.1, 0.15) is 50.3 Å². The number of hydrogen-bond acceptors (Lipinski definition) is 5. The standard InChI is InChI=1S/C20H31N5/c1-15(16-5-6-16)25-8-7-18-19(13-25)21-14-22-20(18)24-11-9-23(10-12-24)17-3-2-4-17/h14-17H,2-13H2,1H3. The number of piperazine rings is 1. The molecular weight excluding hydrogens is 310 g/mol. The Morgan fingerprint density at radius 3 is 2.48 bits per heavy atom. The molecule has 1 atom stereocenters. The van der Waals surface area contributed by atoms with Gasteiger partial charge in [-0.2, -0.15) is 0 Å². The first-order valence-corrected chi connectivity index (χ1v) is 10.4. The maximum absolute atomic E-state index is 4.71. The van der Waals surface area contributed by atoms with Crippen LogP contribution in [0.25, 0.3) is 0 Å². The van der Waals surface area contributed by atoms with E-state index in [2.05, 4.69) is 26.6 Å². The summed E-state index contributed by atoms with van der Waals surface area (Å²) in [5.74, 6) is 2.17. The lowest BCUT2D eigenvalue weighted by Gasteiger charge is -2.44. The molecule has 0 spiro atoms. The summed E-state index contributed by atoms with van der Waals surface area (Å²) >= 11 is 0. The van der Waals surface area contributed by atoms with Crippen LogP contribution in [0.5, 0.6) is 0 Å². The highest BCUT2D eigenvalue weighted by molar-refractivity contribution is 5.50. The van der Waals surface area contributed by atoms with Gasteiger partial charge in [0.1, 0.15) is 12.1 Å². The van der Waals surface area contributed by atoms with Crippen molar-refractivity contribution < 1.29 is 0 Å². The number of rotatable bonds is 4. The first-order chi connectivity index (χ1) is 12.3. The summed E-state index contributed by atoms with van der Waals surface area (Å²) in [5.41, 5.74) is 2.71. The molecule has 1 aromatic heterocycles. The van der Waals surface area contributed by atoms with Crippen LogP contribution in [0, 0.1) is 5.92 Å². The summed E-state index contributed by atoms with van der Waals surface area (Å²) < 4.78 is 0. The zero-order chi connectivity index (χ0) is 16.8. The topological polar surface area (TPSA) is 35.5 Å². The predicted molar refractivity (Wildman–Crippen MR) is 99.8 cm³/mol. The van der Waals surface area contributed by atoms with E-state index in [1.807, 2.05) is 0 Å². The molecule has 1 unspecified atom stereocenters. The Balaban J connectivity index is 1.28. The second-order valence-electron chi connectivity index (χ2n) is 8.53. The van der Waals surface area contributed by atoms with E-state index in [0.29, 0.717) is 0 Å². The number of aromatic nitrogens is 2. The minimum Gasteiger partial charge on any atom is -0.354 e. The number of hydrogen-bond donors (Lipinski definition) is 0. The van der Waals surface area contributed by atoms with Crippen molar-refractivity contribution in [1.82, 2.24) is 19.8 Å². The molecule has 0 radical (unpaired) electrons. The third-order valence-corrected chi connectivity index (χ3v) is 7.10. The molecule has 0 amide bonds. The van der Waals surface area contributed by atoms with Gasteiger partial charge in [-0.05, 0) is 44.9 Å². The Hall–Kier alpha value is -1.20. The van der Waals surface area contributed by atoms with Crippen molar-refractivity contribution in [3.05, 3.63) is 17.6 Å². The molecule has 3 heterocycles. The molecule has 5 heteroatoms. The van der Waals surface area contributed by atoms with Crippen LogP contribution in [-0.4, -0.2) is 64.6 Å². The van der Waals surface area contributed by atoms with Gasteiger partial charge in [0.15, 0.2) is 0 Å². The highest BCUT2D eigenvalue weighted by atomic mass is 15.3. The Morgan fingerprint density at radius 2 is 1.80 bits per heavy atom. The van der Waals surface area contributed by atoms with E-state index in [4.69, 9.17) is 4.98 Å². The number of anilines is 1. The molecule has 5 nitrogen and oxygen atoms in total. The summed E-state index contributed by atoms with van der Waals surface area (Å²) in [6.45, 7) is 9.26. The maximum atomic E-state index is 4.71. The summed E-state index contributed by atoms with van der Waals surface area (Å²) in [6.07, 6.45) is 10.0. The van der Waals surface area contributed by atoms with E-state index in [9.17, 15) is 0 Å². The van der Waals surface area contributed by atoms with Gasteiger partial charge in [-0.25, -0.2) is 9.97 Å². The fourth-order valence-corrected chi connectivity index (χ4v) is 4.90. The molecule has 1 saturated heterocycles. The van der Waals surface area contributed by atoms with E-state index in [1.54, 1.807) is 6.33 Å². The smallest absolute Gasteiger partial charge is 0.135 e. The van der Waals surface area contributed by atoms with Crippen molar-refractivity contribution in [1.29, 1.82) is 0 Å². The van der Waals surface area contributed by atoms with Crippen molar-refractivity contribution in [2.45, 2.75) is 64.1 Å². The molecule has 2 saturated carbocycles. The molecule has 0 aromatic carbocycles. The second kappa shape index (κ2) is 6.51. The molecule has 1 aromatic rings. The normalized spacial score (nSPS) is 27.0. The SMILES string of the molecule is CC(C1CC1)N1CCc2c(ncnc2N2CCN(C3CCC3)CC2)C1. The first-order valence-electron chi connectivity index (χ1n) is 10.4. The van der Waals surface area contributed by atoms with Gasteiger partial charge < -0.3 is 4.90 Å². The summed E-state index contributed by atoms with van der Waals surface area (Å²) in [4.78, 5) is 17.2. The lowest BCUT2D eigenvalue weighted by molar-refractivity contribution is 0.120. The third kappa shape index (κ3) is 3.06. The van der Waals surface area contributed by atoms with E-state index in [0.717, 1.165) is 44.1 Å². The highest BCUT2D eigenvalue weighted by Crippen LogP contribution is 2.37. The van der Waals surface area contributed by atoms with Crippen LogP contribution >= 0.6 is 0 Å². The van der Waals surface area contributed by atoms with Crippen LogP contribution in [0.4, 0.5) is 5.82 Å². The first kappa shape index (κ1) is 16.0. The van der Waals surface area contributed by atoms with Gasteiger partial charge in [0.2, 0.25) is 0 Å². The van der Waals surface area contributed by atoms with Gasteiger partial charge in [0.05, 0.1) is 5.69 Å². The molecule has 2 aliphatic heterocycles. The van der Waals surface area contributed by atoms with Gasteiger partial charge in [-0.3, -0.25) is 9.80 Å². The average Bonchev–Trinajstić information content (AvgIpc) is 3.44. The summed E-state index contributed by atoms with van der Waals surface area (Å²) in [6, 6.07) is 1.59. The molecule has 136 valence electrons. The van der Waals surface area contributed by atoms with E-state index >= 15 is 0 Å². The van der Waals surface area contributed by atoms with Gasteiger partial charge in [0.25, 0.3) is 0 Å². The van der Waals surface area contributed by atoms with Crippen molar-refractivity contribution in [3.8, 4) is 0 Å². The van der Waals surface area contributed by atoms with Gasteiger partial charge in [-0.1, -0.05) is 6.42 Å². The van der Waals surface area contributed by atoms with Gasteiger partial charge in [0, 0.05) is 56.9 Å². The van der Waals surface area contributed by atoms with Crippen LogP contribution in [0.2, 0.25) is 0 Å². The van der Waals surface area contributed by atoms with Crippen molar-refractivity contribution in [2.24, 2.45) is 5.92 Å². The van der Waals surface area contributed by atoms with E-state index < -0.39 is 0 Å². The molecule has 0 bridgehead atoms. The Morgan fingerprint density at radius 1 is 1.00 bits per heavy atom. The minimum atomic E-state index is 0.720. The molecule has 5 rings (SSSR count). The lowest BCUT2D eigenvalue weighted by Crippen LogP contribution is -2.52. The van der Waals surface area contributed by atoms with Crippen molar-refractivity contribution in [2.75, 3.05) is 37.6 Å². The van der Waals surface area contributed by atoms with Crippen LogP contribution in [0.15, 0.2) is 6.33 Å². The van der Waals surface area contributed by atoms with Gasteiger partial charge in [-0.15, -0.1) is 0 Å². The largest absolute Gasteiger partial charge is 0.354 e. The maximum Gasteiger partial charge on any atom is 0.135 e. The predicted octanol–water partition coefficient (Wildman–Crippen LogP) is 2.31. The molecule has 4 aliphatic rings. The fourth-order valence-electron chi connectivity index (χ4n) is 4.90. The molecule has 0 N–H and O–H groups in total. The molecule has 3 fully saturated rings. The van der Waals surface area contributed by atoms with Gasteiger partial charge >= 0.3 is 0 Å². The Kier molecular flexibility index (Phi) is 4.17. The molecular formula is C20H31N5. The Bertz CT molecular complexity index is 617. The van der Waals surface area contributed by atoms with Crippen LogP contribution < -0.4 is 4.90 Å². The Labute approximate surface area is 151 Å². The molecule has 25 heavy (non-hydrogen) atoms. The van der Waals surface area contributed by atoms with E-state index in [-0.39, 0.29) is 0 Å². The number of nitrogens with zero attached hydrogens (tertiary/aromatic N) is 5. The van der Waals surface area contributed by atoms with Crippen molar-refractivity contribution >= 4 is 5.82 Å². The zero-order valence-electron chi connectivity index (χ0n) is 15.5.